The van der Waals surface area contributed by atoms with Crippen LogP contribution in [-0.2, 0) is 4.79 Å². The summed E-state index contributed by atoms with van der Waals surface area (Å²) in [5.41, 5.74) is 0. The van der Waals surface area contributed by atoms with E-state index in [2.05, 4.69) is 0 Å². The van der Waals surface area contributed by atoms with E-state index in [0.29, 0.717) is 0 Å². The van der Waals surface area contributed by atoms with Crippen molar-refractivity contribution >= 4 is 63.8 Å². The summed E-state index contributed by atoms with van der Waals surface area (Å²) < 4.78 is 0. The summed E-state index contributed by atoms with van der Waals surface area (Å²) in [6, 6.07) is 0. The summed E-state index contributed by atoms with van der Waals surface area (Å²) in [7, 11) is 0. The van der Waals surface area contributed by atoms with Gasteiger partial charge in [0.2, 0.25) is 0 Å². The Hall–Kier alpha value is 1.12. The number of alkyl halides is 5. The second-order valence-electron chi connectivity index (χ2n) is 2.54. The third-order valence-corrected chi connectivity index (χ3v) is 4.79. The average molecular weight is 270 g/mol. The third-order valence-electron chi connectivity index (χ3n) is 1.71. The maximum atomic E-state index is 11.2. The monoisotopic (exact) mass is 268 g/mol. The highest BCUT2D eigenvalue weighted by molar-refractivity contribution is 6.50. The maximum absolute atomic E-state index is 11.2. The van der Waals surface area contributed by atoms with Crippen molar-refractivity contribution in [1.29, 1.82) is 0 Å². The Bertz CT molecular complexity index is 178. The lowest BCUT2D eigenvalue weighted by atomic mass is 9.97. The first-order valence-electron chi connectivity index (χ1n) is 3.21. The first-order valence-corrected chi connectivity index (χ1v) is 5.39. The van der Waals surface area contributed by atoms with Crippen LogP contribution in [0, 0.1) is 0 Å². The van der Waals surface area contributed by atoms with Crippen LogP contribution in [0.2, 0.25) is 0 Å². The molecule has 0 radical (unpaired) electrons. The van der Waals surface area contributed by atoms with Gasteiger partial charge in [-0.3, -0.25) is 4.79 Å². The fraction of sp³-hybridized carbons (Fsp3) is 0.833. The molecule has 0 aromatic heterocycles. The molecule has 0 aliphatic heterocycles. The second-order valence-corrected chi connectivity index (χ2v) is 4.99. The van der Waals surface area contributed by atoms with E-state index in [4.69, 9.17) is 58.0 Å². The number of halogens is 5. The number of Topliss-reactive ketones (excluding diaryl/α,β-unsaturated/α-hetero) is 1. The lowest BCUT2D eigenvalue weighted by Gasteiger charge is -2.32. The lowest BCUT2D eigenvalue weighted by Crippen LogP contribution is -2.51. The largest absolute Gasteiger partial charge is 0.296 e. The van der Waals surface area contributed by atoms with Crippen molar-refractivity contribution in [2.75, 3.05) is 0 Å². The van der Waals surface area contributed by atoms with Gasteiger partial charge in [0.1, 0.15) is 10.8 Å². The van der Waals surface area contributed by atoms with Crippen molar-refractivity contribution in [3.05, 3.63) is 0 Å². The molecule has 0 heterocycles. The number of hydrogen-bond donors (Lipinski definition) is 0. The van der Waals surface area contributed by atoms with Gasteiger partial charge in [-0.05, 0) is 0 Å². The Balaban J connectivity index is 2.83. The van der Waals surface area contributed by atoms with Crippen LogP contribution < -0.4 is 0 Å². The van der Waals surface area contributed by atoms with Gasteiger partial charge in [-0.1, -0.05) is 0 Å². The minimum atomic E-state index is -0.841. The van der Waals surface area contributed by atoms with E-state index in [0.717, 1.165) is 0 Å². The van der Waals surface area contributed by atoms with E-state index in [9.17, 15) is 4.79 Å². The zero-order chi connectivity index (χ0) is 9.46. The fourth-order valence-corrected chi connectivity index (χ4v) is 2.69. The highest BCUT2D eigenvalue weighted by Gasteiger charge is 2.46. The minimum Gasteiger partial charge on any atom is -0.296 e. The van der Waals surface area contributed by atoms with Crippen molar-refractivity contribution in [2.45, 2.75) is 26.9 Å². The van der Waals surface area contributed by atoms with Crippen molar-refractivity contribution in [1.82, 2.24) is 0 Å². The van der Waals surface area contributed by atoms with E-state index in [1.54, 1.807) is 0 Å². The first kappa shape index (κ1) is 11.2. The van der Waals surface area contributed by atoms with Gasteiger partial charge in [0, 0.05) is 0 Å². The second kappa shape index (κ2) is 4.10. The molecule has 70 valence electrons. The normalized spacial score (nSPS) is 49.4. The molecule has 0 saturated heterocycles. The molecule has 0 N–H and O–H groups in total. The van der Waals surface area contributed by atoms with Crippen LogP contribution in [0.15, 0.2) is 0 Å². The summed E-state index contributed by atoms with van der Waals surface area (Å²) in [4.78, 5) is 11.2. The van der Waals surface area contributed by atoms with Gasteiger partial charge in [-0.25, -0.2) is 0 Å². The molecule has 0 aromatic carbocycles. The summed E-state index contributed by atoms with van der Waals surface area (Å²) in [5.74, 6) is -0.352. The van der Waals surface area contributed by atoms with Crippen LogP contribution in [0.1, 0.15) is 0 Å². The molecular weight excluding hydrogens is 265 g/mol. The predicted molar refractivity (Wildman–Crippen MR) is 53.2 cm³/mol. The van der Waals surface area contributed by atoms with E-state index < -0.39 is 26.9 Å². The third kappa shape index (κ3) is 1.80. The quantitative estimate of drug-likeness (QED) is 0.618. The molecule has 1 aliphatic rings. The minimum absolute atomic E-state index is 0.352. The number of rotatable bonds is 0. The Morgan fingerprint density at radius 1 is 0.750 bits per heavy atom. The Labute approximate surface area is 95.2 Å². The number of ketones is 1. The van der Waals surface area contributed by atoms with Crippen LogP contribution in [0.4, 0.5) is 0 Å². The number of hydrogen-bond acceptors (Lipinski definition) is 1. The van der Waals surface area contributed by atoms with E-state index in [-0.39, 0.29) is 5.78 Å². The smallest absolute Gasteiger partial charge is 0.171 e. The molecule has 0 aromatic rings. The maximum Gasteiger partial charge on any atom is 0.171 e. The average Bonchev–Trinajstić information content (AvgIpc) is 2.08. The summed E-state index contributed by atoms with van der Waals surface area (Å²) in [6.07, 6.45) is 0. The van der Waals surface area contributed by atoms with Crippen molar-refractivity contribution in [3.63, 3.8) is 0 Å². The van der Waals surface area contributed by atoms with Crippen molar-refractivity contribution in [2.24, 2.45) is 0 Å². The topological polar surface area (TPSA) is 17.1 Å². The van der Waals surface area contributed by atoms with Gasteiger partial charge in [0.05, 0.1) is 16.1 Å². The van der Waals surface area contributed by atoms with Gasteiger partial charge in [0.25, 0.3) is 0 Å². The van der Waals surface area contributed by atoms with Gasteiger partial charge in [-0.2, -0.15) is 0 Å². The first-order chi connectivity index (χ1) is 5.46. The SMILES string of the molecule is O=C1C(Cl)C(Cl)C(Cl)C(Cl)C1Cl. The van der Waals surface area contributed by atoms with Gasteiger partial charge >= 0.3 is 0 Å². The highest BCUT2D eigenvalue weighted by Crippen LogP contribution is 2.35. The Morgan fingerprint density at radius 2 is 1.08 bits per heavy atom. The van der Waals surface area contributed by atoms with Crippen LogP contribution in [-0.4, -0.2) is 32.7 Å². The van der Waals surface area contributed by atoms with E-state index in [1.165, 1.54) is 0 Å². The van der Waals surface area contributed by atoms with Crippen molar-refractivity contribution < 1.29 is 4.79 Å². The molecule has 1 fully saturated rings. The van der Waals surface area contributed by atoms with Crippen LogP contribution in [0.3, 0.4) is 0 Å². The molecule has 1 saturated carbocycles. The molecule has 1 nitrogen and oxygen atoms in total. The number of carbonyl (C=O) groups is 1. The standard InChI is InChI=1S/C6H5Cl5O/c7-1-2(8)4(10)6(12)5(11)3(1)9/h1-5H. The molecule has 4 unspecified atom stereocenters. The Morgan fingerprint density at radius 3 is 1.42 bits per heavy atom. The molecule has 1 rings (SSSR count). The fourth-order valence-electron chi connectivity index (χ4n) is 0.964. The summed E-state index contributed by atoms with van der Waals surface area (Å²) in [5, 5.41) is -3.56. The molecule has 0 bridgehead atoms. The lowest BCUT2D eigenvalue weighted by molar-refractivity contribution is -0.119. The highest BCUT2D eigenvalue weighted by atomic mass is 35.5. The molecule has 1 aliphatic carbocycles. The number of carbonyl (C=O) groups excluding carboxylic acids is 1. The van der Waals surface area contributed by atoms with Crippen molar-refractivity contribution in [3.8, 4) is 0 Å². The predicted octanol–water partition coefficient (Wildman–Crippen LogP) is 2.61. The van der Waals surface area contributed by atoms with E-state index in [1.807, 2.05) is 0 Å². The van der Waals surface area contributed by atoms with Crippen LogP contribution >= 0.6 is 58.0 Å². The zero-order valence-electron chi connectivity index (χ0n) is 5.68. The zero-order valence-corrected chi connectivity index (χ0v) is 9.46. The molecule has 6 heteroatoms. The molecular formula is C6H5Cl5O. The van der Waals surface area contributed by atoms with E-state index >= 15 is 0 Å². The molecule has 0 amide bonds. The summed E-state index contributed by atoms with van der Waals surface area (Å²) in [6.45, 7) is 0. The van der Waals surface area contributed by atoms with Crippen LogP contribution in [0.25, 0.3) is 0 Å². The molecule has 4 atom stereocenters. The van der Waals surface area contributed by atoms with Crippen LogP contribution in [0.5, 0.6) is 0 Å². The van der Waals surface area contributed by atoms with Gasteiger partial charge in [-0.15, -0.1) is 58.0 Å². The Kier molecular flexibility index (Phi) is 3.82. The van der Waals surface area contributed by atoms with Gasteiger partial charge in [0.15, 0.2) is 5.78 Å². The molecule has 0 spiro atoms. The van der Waals surface area contributed by atoms with Gasteiger partial charge < -0.3 is 0 Å². The summed E-state index contributed by atoms with van der Waals surface area (Å²) >= 11 is 28.6. The molecule has 12 heavy (non-hydrogen) atoms.